The van der Waals surface area contributed by atoms with E-state index in [0.29, 0.717) is 18.1 Å². The van der Waals surface area contributed by atoms with Crippen LogP contribution in [0.1, 0.15) is 64.0 Å². The molecule has 0 spiro atoms. The summed E-state index contributed by atoms with van der Waals surface area (Å²) in [5.41, 5.74) is 3.40. The third kappa shape index (κ3) is 5.01. The zero-order chi connectivity index (χ0) is 21.5. The lowest BCUT2D eigenvalue weighted by Crippen LogP contribution is -2.29. The largest absolute Gasteiger partial charge is 0.462 e. The van der Waals surface area contributed by atoms with Crippen molar-refractivity contribution in [3.63, 3.8) is 0 Å². The van der Waals surface area contributed by atoms with Gasteiger partial charge in [-0.3, -0.25) is 0 Å². The van der Waals surface area contributed by atoms with Gasteiger partial charge in [0.25, 0.3) is 0 Å². The lowest BCUT2D eigenvalue weighted by Gasteiger charge is -2.28. The van der Waals surface area contributed by atoms with E-state index in [2.05, 4.69) is 22.3 Å². The third-order valence-electron chi connectivity index (χ3n) is 5.47. The first-order valence-electron chi connectivity index (χ1n) is 10.8. The number of anilines is 2. The molecule has 1 aromatic heterocycles. The van der Waals surface area contributed by atoms with Crippen molar-refractivity contribution >= 4 is 17.6 Å². The number of unbranched alkanes of at least 4 members (excludes halogenated alkanes) is 5. The normalized spacial score (nSPS) is 15.5. The van der Waals surface area contributed by atoms with Gasteiger partial charge in [-0.1, -0.05) is 51.2 Å². The molecule has 1 aliphatic rings. The van der Waals surface area contributed by atoms with E-state index in [1.54, 1.807) is 4.68 Å². The maximum Gasteiger partial charge on any atom is 0.338 e. The Labute approximate surface area is 179 Å². The van der Waals surface area contributed by atoms with Crippen LogP contribution in [-0.4, -0.2) is 41.4 Å². The molecule has 2 aromatic rings. The number of hydrogen-bond donors (Lipinski definition) is 1. The first-order valence-corrected chi connectivity index (χ1v) is 10.8. The van der Waals surface area contributed by atoms with Crippen LogP contribution in [0.3, 0.4) is 0 Å². The number of nitrogens with one attached hydrogen (secondary N) is 1. The summed E-state index contributed by atoms with van der Waals surface area (Å²) in [5, 5.41) is 7.55. The predicted octanol–water partition coefficient (Wildman–Crippen LogP) is 4.54. The second-order valence-electron chi connectivity index (χ2n) is 7.98. The first kappa shape index (κ1) is 21.9. The molecule has 1 atom stereocenters. The van der Waals surface area contributed by atoms with Crippen LogP contribution in [0.15, 0.2) is 41.9 Å². The van der Waals surface area contributed by atoms with Crippen LogP contribution in [0, 0.1) is 0 Å². The second-order valence-corrected chi connectivity index (χ2v) is 7.98. The highest BCUT2D eigenvalue weighted by molar-refractivity contribution is 5.92. The quantitative estimate of drug-likeness (QED) is 0.457. The number of carbonyl (C=O) groups excluding carboxylic acids is 1. The number of hydrogen-bond acceptors (Lipinski definition) is 6. The van der Waals surface area contributed by atoms with Crippen LogP contribution in [0.25, 0.3) is 0 Å². The molecule has 1 aromatic carbocycles. The SMILES string of the molecule is CCCCCCCCOC(=O)C1=C(C)Nc2ncnn2C1c1ccc(N(C)C)cc1. The molecular weight excluding hydrogens is 378 g/mol. The van der Waals surface area contributed by atoms with Gasteiger partial charge in [-0.05, 0) is 31.0 Å². The van der Waals surface area contributed by atoms with Gasteiger partial charge in [-0.2, -0.15) is 10.1 Å². The Morgan fingerprint density at radius 2 is 1.83 bits per heavy atom. The number of rotatable bonds is 10. The molecule has 0 saturated carbocycles. The van der Waals surface area contributed by atoms with Gasteiger partial charge in [0.1, 0.15) is 12.4 Å². The van der Waals surface area contributed by atoms with E-state index >= 15 is 0 Å². The molecule has 1 aliphatic heterocycles. The van der Waals surface area contributed by atoms with Gasteiger partial charge < -0.3 is 15.0 Å². The van der Waals surface area contributed by atoms with Crippen molar-refractivity contribution in [1.82, 2.24) is 14.8 Å². The maximum absolute atomic E-state index is 13.0. The molecule has 162 valence electrons. The molecule has 1 N–H and O–H groups in total. The van der Waals surface area contributed by atoms with Gasteiger partial charge in [0.05, 0.1) is 12.2 Å². The Bertz CT molecular complexity index is 870. The van der Waals surface area contributed by atoms with Crippen LogP contribution in [-0.2, 0) is 9.53 Å². The van der Waals surface area contributed by atoms with Crippen molar-refractivity contribution in [1.29, 1.82) is 0 Å². The Morgan fingerprint density at radius 1 is 1.13 bits per heavy atom. The van der Waals surface area contributed by atoms with Crippen LogP contribution >= 0.6 is 0 Å². The average molecular weight is 412 g/mol. The van der Waals surface area contributed by atoms with Crippen molar-refractivity contribution in [2.75, 3.05) is 30.9 Å². The second kappa shape index (κ2) is 10.3. The molecule has 7 nitrogen and oxygen atoms in total. The lowest BCUT2D eigenvalue weighted by atomic mass is 9.95. The fourth-order valence-corrected chi connectivity index (χ4v) is 3.74. The van der Waals surface area contributed by atoms with E-state index < -0.39 is 0 Å². The Hall–Kier alpha value is -2.83. The summed E-state index contributed by atoms with van der Waals surface area (Å²) < 4.78 is 7.41. The molecule has 0 bridgehead atoms. The molecule has 0 radical (unpaired) electrons. The van der Waals surface area contributed by atoms with E-state index in [4.69, 9.17) is 4.74 Å². The maximum atomic E-state index is 13.0. The summed E-state index contributed by atoms with van der Waals surface area (Å²) in [5.74, 6) is 0.332. The standard InChI is InChI=1S/C23H33N5O2/c1-5-6-7-8-9-10-15-30-22(29)20-17(2)26-23-24-16-25-28(23)21(20)18-11-13-19(14-12-18)27(3)4/h11-14,16,21H,5-10,15H2,1-4H3,(H,24,25,26). The smallest absolute Gasteiger partial charge is 0.338 e. The topological polar surface area (TPSA) is 72.3 Å². The zero-order valence-corrected chi connectivity index (χ0v) is 18.5. The first-order chi connectivity index (χ1) is 14.5. The summed E-state index contributed by atoms with van der Waals surface area (Å²) in [7, 11) is 4.01. The number of carbonyl (C=O) groups is 1. The van der Waals surface area contributed by atoms with E-state index in [1.807, 2.05) is 50.2 Å². The molecule has 30 heavy (non-hydrogen) atoms. The van der Waals surface area contributed by atoms with E-state index in [-0.39, 0.29) is 12.0 Å². The van der Waals surface area contributed by atoms with Crippen molar-refractivity contribution in [3.8, 4) is 0 Å². The minimum absolute atomic E-state index is 0.295. The monoisotopic (exact) mass is 411 g/mol. The number of ether oxygens (including phenoxy) is 1. The Balaban J connectivity index is 1.74. The average Bonchev–Trinajstić information content (AvgIpc) is 3.20. The van der Waals surface area contributed by atoms with Gasteiger partial charge in [0.15, 0.2) is 0 Å². The molecule has 0 fully saturated rings. The van der Waals surface area contributed by atoms with Gasteiger partial charge >= 0.3 is 5.97 Å². The van der Waals surface area contributed by atoms with Gasteiger partial charge in [0, 0.05) is 25.5 Å². The van der Waals surface area contributed by atoms with Crippen molar-refractivity contribution < 1.29 is 9.53 Å². The van der Waals surface area contributed by atoms with E-state index in [9.17, 15) is 4.79 Å². The molecule has 3 rings (SSSR count). The van der Waals surface area contributed by atoms with Crippen molar-refractivity contribution in [2.24, 2.45) is 0 Å². The summed E-state index contributed by atoms with van der Waals surface area (Å²) >= 11 is 0. The molecule has 7 heteroatoms. The van der Waals surface area contributed by atoms with Gasteiger partial charge in [-0.15, -0.1) is 0 Å². The minimum Gasteiger partial charge on any atom is -0.462 e. The zero-order valence-electron chi connectivity index (χ0n) is 18.5. The molecule has 0 amide bonds. The molecule has 1 unspecified atom stereocenters. The highest BCUT2D eigenvalue weighted by atomic mass is 16.5. The number of allylic oxidation sites excluding steroid dienone is 1. The summed E-state index contributed by atoms with van der Waals surface area (Å²) in [4.78, 5) is 19.4. The predicted molar refractivity (Wildman–Crippen MR) is 120 cm³/mol. The molecule has 0 aliphatic carbocycles. The highest BCUT2D eigenvalue weighted by Crippen LogP contribution is 2.35. The summed E-state index contributed by atoms with van der Waals surface area (Å²) in [6.45, 7) is 4.54. The van der Waals surface area contributed by atoms with Crippen LogP contribution in [0.5, 0.6) is 0 Å². The Kier molecular flexibility index (Phi) is 7.49. The number of benzene rings is 1. The van der Waals surface area contributed by atoms with Gasteiger partial charge in [-0.25, -0.2) is 9.48 Å². The number of esters is 1. The molecule has 2 heterocycles. The Morgan fingerprint density at radius 3 is 2.53 bits per heavy atom. The van der Waals surface area contributed by atoms with Crippen LogP contribution in [0.2, 0.25) is 0 Å². The summed E-state index contributed by atoms with van der Waals surface area (Å²) in [6, 6.07) is 7.79. The summed E-state index contributed by atoms with van der Waals surface area (Å²) in [6.07, 6.45) is 8.43. The minimum atomic E-state index is -0.364. The molecular formula is C23H33N5O2. The lowest BCUT2D eigenvalue weighted by molar-refractivity contribution is -0.139. The number of aromatic nitrogens is 3. The van der Waals surface area contributed by atoms with E-state index in [1.165, 1.54) is 32.0 Å². The number of fused-ring (bicyclic) bond motifs is 1. The number of nitrogens with zero attached hydrogens (tertiary/aromatic N) is 4. The van der Waals surface area contributed by atoms with E-state index in [0.717, 1.165) is 29.8 Å². The molecule has 0 saturated heterocycles. The highest BCUT2D eigenvalue weighted by Gasteiger charge is 2.34. The van der Waals surface area contributed by atoms with Crippen molar-refractivity contribution in [3.05, 3.63) is 47.4 Å². The van der Waals surface area contributed by atoms with Crippen molar-refractivity contribution in [2.45, 2.75) is 58.4 Å². The van der Waals surface area contributed by atoms with Crippen LogP contribution < -0.4 is 10.2 Å². The fraction of sp³-hybridized carbons (Fsp3) is 0.522. The fourth-order valence-electron chi connectivity index (χ4n) is 3.74. The van der Waals surface area contributed by atoms with Gasteiger partial charge in [0.2, 0.25) is 5.95 Å². The van der Waals surface area contributed by atoms with Crippen LogP contribution in [0.4, 0.5) is 11.6 Å². The third-order valence-corrected chi connectivity index (χ3v) is 5.47.